The van der Waals surface area contributed by atoms with Crippen LogP contribution in [0.15, 0.2) is 66.7 Å². The normalized spacial score (nSPS) is 10.7. The van der Waals surface area contributed by atoms with Crippen LogP contribution in [0.3, 0.4) is 0 Å². The van der Waals surface area contributed by atoms with Crippen molar-refractivity contribution in [2.24, 2.45) is 0 Å². The molecule has 164 valence electrons. The minimum atomic E-state index is -0.426. The fourth-order valence-electron chi connectivity index (χ4n) is 3.21. The lowest BCUT2D eigenvalue weighted by molar-refractivity contribution is -0.385. The van der Waals surface area contributed by atoms with Crippen molar-refractivity contribution in [1.29, 1.82) is 0 Å². The number of aryl methyl sites for hydroxylation is 1. The van der Waals surface area contributed by atoms with Crippen molar-refractivity contribution in [2.45, 2.75) is 13.5 Å². The van der Waals surface area contributed by atoms with Gasteiger partial charge in [0.15, 0.2) is 5.78 Å². The maximum Gasteiger partial charge on any atom is 0.272 e. The van der Waals surface area contributed by atoms with Crippen LogP contribution in [0.5, 0.6) is 17.2 Å². The molecule has 0 aliphatic rings. The number of benzene rings is 3. The number of allylic oxidation sites excluding steroid dienone is 1. The van der Waals surface area contributed by atoms with Crippen molar-refractivity contribution < 1.29 is 23.9 Å². The largest absolute Gasteiger partial charge is 0.496 e. The molecule has 0 bridgehead atoms. The molecule has 0 aromatic heterocycles. The lowest BCUT2D eigenvalue weighted by Crippen LogP contribution is -2.00. The van der Waals surface area contributed by atoms with E-state index in [1.165, 1.54) is 19.3 Å². The predicted molar refractivity (Wildman–Crippen MR) is 122 cm³/mol. The molecular weight excluding hydrogens is 410 g/mol. The molecule has 0 heterocycles. The van der Waals surface area contributed by atoms with E-state index in [4.69, 9.17) is 14.2 Å². The number of carbonyl (C=O) groups is 1. The van der Waals surface area contributed by atoms with E-state index >= 15 is 0 Å². The average Bonchev–Trinajstić information content (AvgIpc) is 2.80. The number of nitrogens with zero attached hydrogens (tertiary/aromatic N) is 1. The van der Waals surface area contributed by atoms with Gasteiger partial charge in [-0.15, -0.1) is 0 Å². The van der Waals surface area contributed by atoms with E-state index in [1.54, 1.807) is 56.5 Å². The zero-order chi connectivity index (χ0) is 23.1. The first-order valence-corrected chi connectivity index (χ1v) is 9.83. The van der Waals surface area contributed by atoms with E-state index in [2.05, 4.69) is 0 Å². The van der Waals surface area contributed by atoms with Gasteiger partial charge in [-0.1, -0.05) is 24.3 Å². The Morgan fingerprint density at radius 1 is 1.00 bits per heavy atom. The number of rotatable bonds is 9. The Kier molecular flexibility index (Phi) is 7.23. The van der Waals surface area contributed by atoms with Crippen molar-refractivity contribution >= 4 is 17.5 Å². The van der Waals surface area contributed by atoms with Crippen molar-refractivity contribution in [3.05, 3.63) is 99.1 Å². The molecule has 0 saturated carbocycles. The summed E-state index contributed by atoms with van der Waals surface area (Å²) in [6.45, 7) is 1.86. The van der Waals surface area contributed by atoms with Gasteiger partial charge in [0.2, 0.25) is 0 Å². The summed E-state index contributed by atoms with van der Waals surface area (Å²) in [6, 6.07) is 17.2. The molecule has 0 radical (unpaired) electrons. The van der Waals surface area contributed by atoms with Gasteiger partial charge in [0.1, 0.15) is 23.9 Å². The van der Waals surface area contributed by atoms with Gasteiger partial charge < -0.3 is 14.2 Å². The van der Waals surface area contributed by atoms with Gasteiger partial charge >= 0.3 is 0 Å². The van der Waals surface area contributed by atoms with Crippen LogP contribution in [0.4, 0.5) is 5.69 Å². The Bertz CT molecular complexity index is 1170. The molecule has 0 aliphatic carbocycles. The lowest BCUT2D eigenvalue weighted by atomic mass is 10.1. The van der Waals surface area contributed by atoms with E-state index in [1.807, 2.05) is 18.2 Å². The first kappa shape index (κ1) is 22.6. The van der Waals surface area contributed by atoms with Crippen molar-refractivity contribution in [3.63, 3.8) is 0 Å². The van der Waals surface area contributed by atoms with E-state index in [9.17, 15) is 14.9 Å². The van der Waals surface area contributed by atoms with Gasteiger partial charge in [-0.2, -0.15) is 0 Å². The molecular formula is C25H23NO6. The fraction of sp³-hybridized carbons (Fsp3) is 0.160. The summed E-state index contributed by atoms with van der Waals surface area (Å²) < 4.78 is 16.5. The third-order valence-corrected chi connectivity index (χ3v) is 4.86. The van der Waals surface area contributed by atoms with Gasteiger partial charge in [-0.05, 0) is 55.0 Å². The van der Waals surface area contributed by atoms with Gasteiger partial charge in [-0.3, -0.25) is 14.9 Å². The minimum absolute atomic E-state index is 0.0433. The molecule has 0 spiro atoms. The van der Waals surface area contributed by atoms with E-state index in [-0.39, 0.29) is 18.1 Å². The number of hydrogen-bond donors (Lipinski definition) is 0. The van der Waals surface area contributed by atoms with Crippen LogP contribution in [-0.2, 0) is 6.61 Å². The summed E-state index contributed by atoms with van der Waals surface area (Å²) >= 11 is 0. The number of para-hydroxylation sites is 1. The molecule has 0 N–H and O–H groups in total. The number of ether oxygens (including phenoxy) is 3. The number of nitro benzene ring substituents is 1. The van der Waals surface area contributed by atoms with E-state index in [0.717, 1.165) is 11.1 Å². The van der Waals surface area contributed by atoms with Crippen molar-refractivity contribution in [2.75, 3.05) is 14.2 Å². The summed E-state index contributed by atoms with van der Waals surface area (Å²) in [6.07, 6.45) is 3.21. The maximum atomic E-state index is 12.6. The SMILES string of the molecule is COc1ccc(/C=C/C(=O)c2ccccc2OC)cc1COc1ccc([N+](=O)[O-])c(C)c1. The van der Waals surface area contributed by atoms with E-state index < -0.39 is 4.92 Å². The van der Waals surface area contributed by atoms with Crippen LogP contribution in [0, 0.1) is 17.0 Å². The summed E-state index contributed by atoms with van der Waals surface area (Å²) in [4.78, 5) is 23.1. The molecule has 3 rings (SSSR count). The molecule has 0 aliphatic heterocycles. The molecule has 0 saturated heterocycles. The summed E-state index contributed by atoms with van der Waals surface area (Å²) in [7, 11) is 3.09. The van der Waals surface area contributed by atoms with Gasteiger partial charge in [0.25, 0.3) is 5.69 Å². The first-order chi connectivity index (χ1) is 15.4. The number of nitro groups is 1. The van der Waals surface area contributed by atoms with Crippen LogP contribution in [0.25, 0.3) is 6.08 Å². The molecule has 3 aromatic rings. The first-order valence-electron chi connectivity index (χ1n) is 9.83. The minimum Gasteiger partial charge on any atom is -0.496 e. The van der Waals surface area contributed by atoms with E-state index in [0.29, 0.717) is 28.4 Å². The van der Waals surface area contributed by atoms with Gasteiger partial charge in [-0.25, -0.2) is 0 Å². The molecule has 3 aromatic carbocycles. The fourth-order valence-corrected chi connectivity index (χ4v) is 3.21. The zero-order valence-corrected chi connectivity index (χ0v) is 18.0. The number of carbonyl (C=O) groups excluding carboxylic acids is 1. The van der Waals surface area contributed by atoms with Crippen LogP contribution in [0.1, 0.15) is 27.0 Å². The molecule has 0 amide bonds. The average molecular weight is 433 g/mol. The smallest absolute Gasteiger partial charge is 0.272 e. The highest BCUT2D eigenvalue weighted by Crippen LogP contribution is 2.26. The topological polar surface area (TPSA) is 87.9 Å². The van der Waals surface area contributed by atoms with Crippen LogP contribution < -0.4 is 14.2 Å². The Morgan fingerprint density at radius 2 is 1.75 bits per heavy atom. The van der Waals surface area contributed by atoms with Crippen LogP contribution in [0.2, 0.25) is 0 Å². The highest BCUT2D eigenvalue weighted by molar-refractivity contribution is 6.08. The number of hydrogen-bond acceptors (Lipinski definition) is 6. The monoisotopic (exact) mass is 433 g/mol. The summed E-state index contributed by atoms with van der Waals surface area (Å²) in [5.74, 6) is 1.50. The van der Waals surface area contributed by atoms with Crippen LogP contribution >= 0.6 is 0 Å². The van der Waals surface area contributed by atoms with Crippen LogP contribution in [-0.4, -0.2) is 24.9 Å². The zero-order valence-electron chi connectivity index (χ0n) is 18.0. The Labute approximate surface area is 186 Å². The molecule has 0 unspecified atom stereocenters. The lowest BCUT2D eigenvalue weighted by Gasteiger charge is -2.12. The number of ketones is 1. The van der Waals surface area contributed by atoms with Gasteiger partial charge in [0, 0.05) is 17.2 Å². The number of methoxy groups -OCH3 is 2. The summed E-state index contributed by atoms with van der Waals surface area (Å²) in [5.41, 5.74) is 2.62. The quantitative estimate of drug-likeness (QED) is 0.194. The molecule has 0 fully saturated rings. The van der Waals surface area contributed by atoms with Crippen molar-refractivity contribution in [3.8, 4) is 17.2 Å². The molecule has 7 nitrogen and oxygen atoms in total. The third kappa shape index (κ3) is 5.31. The summed E-state index contributed by atoms with van der Waals surface area (Å²) in [5, 5.41) is 11.0. The Hall–Kier alpha value is -4.13. The van der Waals surface area contributed by atoms with Gasteiger partial charge in [0.05, 0.1) is 24.7 Å². The highest BCUT2D eigenvalue weighted by Gasteiger charge is 2.12. The third-order valence-electron chi connectivity index (χ3n) is 4.86. The second-order valence-electron chi connectivity index (χ2n) is 6.96. The second-order valence-corrected chi connectivity index (χ2v) is 6.96. The Morgan fingerprint density at radius 3 is 2.44 bits per heavy atom. The standard InChI is InChI=1S/C25H23NO6/c1-17-14-20(10-11-22(17)26(28)29)32-16-19-15-18(9-13-24(19)30-2)8-12-23(27)21-6-4-5-7-25(21)31-3/h4-15H,16H2,1-3H3/b12-8+. The van der Waals surface area contributed by atoms with Crippen molar-refractivity contribution in [1.82, 2.24) is 0 Å². The predicted octanol–water partition coefficient (Wildman–Crippen LogP) is 5.40. The Balaban J connectivity index is 1.77. The molecule has 7 heteroatoms. The second kappa shape index (κ2) is 10.3. The molecule has 0 atom stereocenters. The highest BCUT2D eigenvalue weighted by atomic mass is 16.6. The molecule has 32 heavy (non-hydrogen) atoms. The maximum absolute atomic E-state index is 12.6.